The van der Waals surface area contributed by atoms with Crippen LogP contribution in [0.1, 0.15) is 65.6 Å². The lowest BCUT2D eigenvalue weighted by Crippen LogP contribution is -2.31. The predicted molar refractivity (Wildman–Crippen MR) is 157 cm³/mol. The Morgan fingerprint density at radius 1 is 1.16 bits per heavy atom. The first-order valence-corrected chi connectivity index (χ1v) is 13.6. The van der Waals surface area contributed by atoms with Crippen LogP contribution in [0.25, 0.3) is 16.5 Å². The molecule has 1 atom stereocenters. The number of carbonyl (C=O) groups excluding carboxylic acids is 3. The molecule has 1 aromatic heterocycles. The van der Waals surface area contributed by atoms with Crippen molar-refractivity contribution in [1.82, 2.24) is 10.1 Å². The van der Waals surface area contributed by atoms with E-state index in [9.17, 15) is 37.5 Å². The van der Waals surface area contributed by atoms with E-state index in [1.807, 2.05) is 6.07 Å². The molecule has 3 amide bonds. The van der Waals surface area contributed by atoms with E-state index in [1.54, 1.807) is 13.8 Å². The quantitative estimate of drug-likeness (QED) is 0.337. The van der Waals surface area contributed by atoms with Crippen LogP contribution in [0.15, 0.2) is 52.2 Å². The van der Waals surface area contributed by atoms with Crippen molar-refractivity contribution in [3.05, 3.63) is 70.1 Å². The molecule has 4 rings (SSSR count). The van der Waals surface area contributed by atoms with Crippen LogP contribution in [0.2, 0.25) is 0 Å². The lowest BCUT2D eigenvalue weighted by atomic mass is 9.82. The van der Waals surface area contributed by atoms with Crippen LogP contribution in [0.3, 0.4) is 0 Å². The van der Waals surface area contributed by atoms with Gasteiger partial charge in [0.1, 0.15) is 0 Å². The van der Waals surface area contributed by atoms with Crippen LogP contribution in [0, 0.1) is 17.2 Å². The van der Waals surface area contributed by atoms with Crippen LogP contribution >= 0.6 is 0 Å². The third-order valence-corrected chi connectivity index (χ3v) is 7.59. The van der Waals surface area contributed by atoms with Gasteiger partial charge in [-0.25, -0.2) is 4.79 Å². The van der Waals surface area contributed by atoms with E-state index in [-0.39, 0.29) is 68.8 Å². The van der Waals surface area contributed by atoms with Crippen molar-refractivity contribution < 1.29 is 42.0 Å². The van der Waals surface area contributed by atoms with E-state index in [2.05, 4.69) is 10.5 Å². The van der Waals surface area contributed by atoms with E-state index in [0.29, 0.717) is 0 Å². The number of anilines is 2. The summed E-state index contributed by atoms with van der Waals surface area (Å²) >= 11 is 0. The highest BCUT2D eigenvalue weighted by Crippen LogP contribution is 2.46. The molecule has 2 N–H and O–H groups in total. The summed E-state index contributed by atoms with van der Waals surface area (Å²) in [6, 6.07) is 8.01. The molecule has 0 spiro atoms. The number of allylic oxidation sites excluding steroid dienone is 4. The Kier molecular flexibility index (Phi) is 8.85. The van der Waals surface area contributed by atoms with Gasteiger partial charge in [-0.05, 0) is 42.3 Å². The number of fused-ring (bicyclic) bond motifs is 1. The molecule has 2 aromatic carbocycles. The Labute approximate surface area is 255 Å². The summed E-state index contributed by atoms with van der Waals surface area (Å²) in [4.78, 5) is 52.2. The van der Waals surface area contributed by atoms with Crippen molar-refractivity contribution >= 4 is 51.6 Å². The Bertz CT molecular complexity index is 1850. The van der Waals surface area contributed by atoms with Crippen LogP contribution in [0.5, 0.6) is 0 Å². The Balaban J connectivity index is 1.95. The first-order chi connectivity index (χ1) is 21.1. The normalized spacial score (nSPS) is 14.9. The van der Waals surface area contributed by atoms with E-state index in [4.69, 9.17) is 9.78 Å². The van der Waals surface area contributed by atoms with Crippen molar-refractivity contribution in [2.24, 2.45) is 5.92 Å². The molecule has 0 saturated heterocycles. The van der Waals surface area contributed by atoms with E-state index >= 15 is 0 Å². The number of alkyl halides is 3. The van der Waals surface area contributed by atoms with Gasteiger partial charge in [-0.2, -0.15) is 18.4 Å². The molecule has 1 unspecified atom stereocenters. The van der Waals surface area contributed by atoms with Gasteiger partial charge in [0.2, 0.25) is 11.8 Å². The Hall–Kier alpha value is -5.45. The van der Waals surface area contributed by atoms with Crippen LogP contribution in [-0.4, -0.2) is 59.1 Å². The Morgan fingerprint density at radius 3 is 2.42 bits per heavy atom. The number of aromatic nitrogens is 1. The third-order valence-electron chi connectivity index (χ3n) is 7.59. The number of carboxylic acid groups (broad SMARTS) is 1. The minimum Gasteiger partial charge on any atom is -0.478 e. The number of aromatic carboxylic acids is 1. The number of nitrogens with zero attached hydrogens (tertiary/aromatic N) is 4. The minimum absolute atomic E-state index is 0.00592. The molecule has 0 aliphatic heterocycles. The Morgan fingerprint density at radius 2 is 1.84 bits per heavy atom. The minimum atomic E-state index is -4.85. The van der Waals surface area contributed by atoms with Crippen molar-refractivity contribution in [1.29, 1.82) is 5.26 Å². The molecule has 0 saturated carbocycles. The summed E-state index contributed by atoms with van der Waals surface area (Å²) in [6.07, 6.45) is -4.05. The van der Waals surface area contributed by atoms with Crippen LogP contribution in [0.4, 0.5) is 24.5 Å². The van der Waals surface area contributed by atoms with Gasteiger partial charge in [-0.15, -0.1) is 0 Å². The number of hydrogen-bond donors (Lipinski definition) is 2. The average molecular weight is 624 g/mol. The highest BCUT2D eigenvalue weighted by molar-refractivity contribution is 6.14. The number of nitrogens with one attached hydrogen (secondary N) is 1. The molecule has 0 radical (unpaired) electrons. The average Bonchev–Trinajstić information content (AvgIpc) is 3.41. The number of halogens is 3. The number of amides is 3. The molecule has 234 valence electrons. The summed E-state index contributed by atoms with van der Waals surface area (Å²) in [7, 11) is 2.80. The van der Waals surface area contributed by atoms with Crippen molar-refractivity contribution in [3.8, 4) is 6.07 Å². The standard InChI is InChI=1S/C31H28F3N5O6/c1-6-27(41)39(5)25-13-26-21(28(37-45-26)29(42)36-23-8-7-17(14-35)10-20(23)30(43)44)11-19(25)18-9-15(2)24(38(4)16(3)40)12-22(18)31(32,33)34/h7-8,10-13,15H,6,9H2,1-5H3,(H,36,42)(H,43,44). The first-order valence-electron chi connectivity index (χ1n) is 13.6. The zero-order valence-electron chi connectivity index (χ0n) is 24.9. The topological polar surface area (TPSA) is 157 Å². The highest BCUT2D eigenvalue weighted by Gasteiger charge is 2.40. The molecular weight excluding hydrogens is 595 g/mol. The van der Waals surface area contributed by atoms with Crippen LogP contribution < -0.4 is 10.2 Å². The maximum atomic E-state index is 14.6. The van der Waals surface area contributed by atoms with Gasteiger partial charge in [0, 0.05) is 50.7 Å². The zero-order valence-corrected chi connectivity index (χ0v) is 24.9. The number of nitriles is 1. The molecule has 1 aliphatic rings. The summed E-state index contributed by atoms with van der Waals surface area (Å²) < 4.78 is 49.2. The molecule has 0 bridgehead atoms. The zero-order chi connectivity index (χ0) is 33.4. The van der Waals surface area contributed by atoms with Crippen molar-refractivity contribution in [2.75, 3.05) is 24.3 Å². The molecule has 45 heavy (non-hydrogen) atoms. The largest absolute Gasteiger partial charge is 0.478 e. The lowest BCUT2D eigenvalue weighted by Gasteiger charge is -2.32. The fourth-order valence-corrected chi connectivity index (χ4v) is 5.12. The smallest absolute Gasteiger partial charge is 0.416 e. The molecule has 1 heterocycles. The van der Waals surface area contributed by atoms with E-state index in [1.165, 1.54) is 50.2 Å². The molecule has 0 fully saturated rings. The number of carboxylic acids is 1. The fourth-order valence-electron chi connectivity index (χ4n) is 5.12. The molecule has 14 heteroatoms. The second kappa shape index (κ2) is 12.3. The number of hydrogen-bond acceptors (Lipinski definition) is 7. The van der Waals surface area contributed by atoms with Crippen molar-refractivity contribution in [2.45, 2.75) is 39.8 Å². The fraction of sp³-hybridized carbons (Fsp3) is 0.290. The summed E-state index contributed by atoms with van der Waals surface area (Å²) in [5.41, 5.74) is -1.79. The molecular formula is C31H28F3N5O6. The lowest BCUT2D eigenvalue weighted by molar-refractivity contribution is -0.126. The molecule has 3 aromatic rings. The summed E-state index contributed by atoms with van der Waals surface area (Å²) in [5, 5.41) is 24.9. The summed E-state index contributed by atoms with van der Waals surface area (Å²) in [5.74, 6) is -3.72. The molecule has 1 aliphatic carbocycles. The van der Waals surface area contributed by atoms with Gasteiger partial charge >= 0.3 is 12.1 Å². The van der Waals surface area contributed by atoms with E-state index < -0.39 is 41.4 Å². The first kappa shape index (κ1) is 32.5. The van der Waals surface area contributed by atoms with Crippen LogP contribution in [-0.2, 0) is 9.59 Å². The third kappa shape index (κ3) is 6.28. The SMILES string of the molecule is CCC(=O)N(C)c1cc2onc(C(=O)Nc3ccc(C#N)cc3C(=O)O)c2cc1C1=C(C(F)(F)F)C=C(N(C)C(C)=O)C(C)C1. The number of carbonyl (C=O) groups is 4. The number of rotatable bonds is 7. The van der Waals surface area contributed by atoms with Gasteiger partial charge < -0.3 is 24.7 Å². The maximum absolute atomic E-state index is 14.6. The van der Waals surface area contributed by atoms with Crippen molar-refractivity contribution in [3.63, 3.8) is 0 Å². The maximum Gasteiger partial charge on any atom is 0.416 e. The number of benzene rings is 2. The second-order valence-electron chi connectivity index (χ2n) is 10.5. The van der Waals surface area contributed by atoms with E-state index in [0.717, 1.165) is 17.0 Å². The van der Waals surface area contributed by atoms with Gasteiger partial charge in [0.25, 0.3) is 5.91 Å². The molecule has 11 nitrogen and oxygen atoms in total. The summed E-state index contributed by atoms with van der Waals surface area (Å²) in [6.45, 7) is 4.51. The monoisotopic (exact) mass is 623 g/mol. The second-order valence-corrected chi connectivity index (χ2v) is 10.5. The van der Waals surface area contributed by atoms with Gasteiger partial charge in [0.05, 0.1) is 39.5 Å². The van der Waals surface area contributed by atoms with Gasteiger partial charge in [0.15, 0.2) is 11.3 Å². The van der Waals surface area contributed by atoms with Gasteiger partial charge in [-0.3, -0.25) is 14.4 Å². The predicted octanol–water partition coefficient (Wildman–Crippen LogP) is 5.74. The highest BCUT2D eigenvalue weighted by atomic mass is 19.4. The van der Waals surface area contributed by atoms with Gasteiger partial charge in [-0.1, -0.05) is 19.0 Å².